The van der Waals surface area contributed by atoms with Gasteiger partial charge >= 0.3 is 5.32 Å². The molecule has 0 heterocycles. The van der Waals surface area contributed by atoms with E-state index in [0.29, 0.717) is 25.7 Å². The Kier molecular flexibility index (Phi) is 8.77. The smallest absolute Gasteiger partial charge is 0.223 e. The van der Waals surface area contributed by atoms with Gasteiger partial charge in [-0.1, -0.05) is 50.2 Å². The third-order valence-corrected chi connectivity index (χ3v) is 14.6. The van der Waals surface area contributed by atoms with E-state index in [1.807, 2.05) is 27.7 Å². The van der Waals surface area contributed by atoms with Gasteiger partial charge in [0, 0.05) is 12.8 Å². The zero-order valence-corrected chi connectivity index (χ0v) is 17.8. The predicted molar refractivity (Wildman–Crippen MR) is 98.0 cm³/mol. The molecule has 0 rings (SSSR count). The lowest BCUT2D eigenvalue weighted by atomic mass is 10.2. The topological polar surface area (TPSA) is 12.4 Å². The molecule has 0 bridgehead atoms. The summed E-state index contributed by atoms with van der Waals surface area (Å²) in [6.07, 6.45) is 2.40. The van der Waals surface area contributed by atoms with Crippen LogP contribution in [-0.4, -0.2) is 9.90 Å². The molecule has 9 heteroatoms. The molecule has 0 aromatic carbocycles. The van der Waals surface area contributed by atoms with Crippen molar-refractivity contribution in [1.29, 1.82) is 0 Å². The summed E-state index contributed by atoms with van der Waals surface area (Å²) in [6, 6.07) is 0. The zero-order valence-electron chi connectivity index (χ0n) is 11.4. The van der Waals surface area contributed by atoms with Gasteiger partial charge in [0.1, 0.15) is 38.3 Å². The standard InChI is InChI=1S/C10H20Cl6NP2/c1-5-9(11,6-2)19(15,16)17-10(7-3,8-4)18(12,13)14/h5-8H2,1-4H3/q+1. The van der Waals surface area contributed by atoms with Crippen LogP contribution in [0.4, 0.5) is 0 Å². The molecule has 0 aromatic rings. The van der Waals surface area contributed by atoms with E-state index in [0.717, 1.165) is 0 Å². The highest BCUT2D eigenvalue weighted by Gasteiger charge is 2.58. The summed E-state index contributed by atoms with van der Waals surface area (Å²) in [7, 11) is 0. The summed E-state index contributed by atoms with van der Waals surface area (Å²) in [5.41, 5.74) is 0. The number of nitrogens with zero attached hydrogens (tertiary/aromatic N) is 1. The monoisotopic (exact) mass is 426 g/mol. The van der Waals surface area contributed by atoms with E-state index in [9.17, 15) is 0 Å². The molecule has 0 radical (unpaired) electrons. The van der Waals surface area contributed by atoms with Crippen molar-refractivity contribution in [1.82, 2.24) is 0 Å². The van der Waals surface area contributed by atoms with Gasteiger partial charge in [0.05, 0.1) is 0 Å². The molecule has 0 unspecified atom stereocenters. The van der Waals surface area contributed by atoms with Crippen LogP contribution in [0.15, 0.2) is 4.74 Å². The normalized spacial score (nSPS) is 14.6. The Morgan fingerprint density at radius 1 is 0.895 bits per heavy atom. The van der Waals surface area contributed by atoms with E-state index in [-0.39, 0.29) is 0 Å². The molecule has 0 atom stereocenters. The second-order valence-electron chi connectivity index (χ2n) is 4.34. The highest BCUT2D eigenvalue weighted by molar-refractivity contribution is 8.33. The Labute approximate surface area is 146 Å². The van der Waals surface area contributed by atoms with Gasteiger partial charge in [-0.05, 0) is 12.8 Å². The van der Waals surface area contributed by atoms with Crippen molar-refractivity contribution in [3.8, 4) is 0 Å². The summed E-state index contributed by atoms with van der Waals surface area (Å²) in [4.78, 5) is 0. The lowest BCUT2D eigenvalue weighted by Gasteiger charge is -2.34. The number of rotatable bonds is 7. The molecule has 0 spiro atoms. The molecule has 0 aliphatic carbocycles. The fourth-order valence-corrected chi connectivity index (χ4v) is 10.8. The third kappa shape index (κ3) is 4.68. The van der Waals surface area contributed by atoms with E-state index in [4.69, 9.17) is 67.8 Å². The molecule has 0 saturated carbocycles. The quantitative estimate of drug-likeness (QED) is 0.283. The summed E-state index contributed by atoms with van der Waals surface area (Å²) < 4.78 is 3.87. The molecular weight excluding hydrogens is 409 g/mol. The Balaban J connectivity index is 5.97. The molecule has 1 nitrogen and oxygen atoms in total. The summed E-state index contributed by atoms with van der Waals surface area (Å²) >= 11 is 38.2. The van der Waals surface area contributed by atoms with Crippen molar-refractivity contribution in [3.63, 3.8) is 0 Å². The van der Waals surface area contributed by atoms with Crippen LogP contribution in [0.25, 0.3) is 0 Å². The first kappa shape index (κ1) is 21.4. The fraction of sp³-hybridized carbons (Fsp3) is 1.00. The molecule has 0 N–H and O–H groups in total. The van der Waals surface area contributed by atoms with Crippen molar-refractivity contribution in [3.05, 3.63) is 0 Å². The predicted octanol–water partition coefficient (Wildman–Crippen LogP) is 9.25. The Morgan fingerprint density at radius 2 is 1.26 bits per heavy atom. The first-order chi connectivity index (χ1) is 8.45. The maximum atomic E-state index is 6.54. The van der Waals surface area contributed by atoms with Gasteiger partial charge in [-0.15, -0.1) is 11.6 Å². The first-order valence-electron chi connectivity index (χ1n) is 6.15. The summed E-state index contributed by atoms with van der Waals surface area (Å²) in [5.74, 6) is -2.81. The van der Waals surface area contributed by atoms with E-state index >= 15 is 0 Å². The molecule has 0 aliphatic rings. The van der Waals surface area contributed by atoms with Gasteiger partial charge in [0.15, 0.2) is 5.76 Å². The highest BCUT2D eigenvalue weighted by atomic mass is 36.1. The van der Waals surface area contributed by atoms with Crippen LogP contribution in [0.3, 0.4) is 0 Å². The molecule has 0 fully saturated rings. The van der Waals surface area contributed by atoms with Crippen LogP contribution >= 0.6 is 78.9 Å². The molecule has 0 saturated heterocycles. The second kappa shape index (κ2) is 7.79. The van der Waals surface area contributed by atoms with Crippen LogP contribution in [-0.2, 0) is 0 Å². The minimum atomic E-state index is -2.81. The van der Waals surface area contributed by atoms with Crippen LogP contribution in [0.5, 0.6) is 0 Å². The minimum absolute atomic E-state index is 0.579. The van der Waals surface area contributed by atoms with Gasteiger partial charge in [-0.3, -0.25) is 0 Å². The average molecular weight is 429 g/mol. The molecular formula is C10H20Cl6NP2+. The highest BCUT2D eigenvalue weighted by Crippen LogP contribution is 2.87. The summed E-state index contributed by atoms with van der Waals surface area (Å²) in [6.45, 7) is 7.73. The maximum Gasteiger partial charge on any atom is 0.334 e. The molecule has 0 aliphatic heterocycles. The third-order valence-electron chi connectivity index (χ3n) is 3.48. The van der Waals surface area contributed by atoms with E-state index in [1.165, 1.54) is 0 Å². The molecule has 0 amide bonds. The molecule has 0 aromatic heterocycles. The van der Waals surface area contributed by atoms with Gasteiger partial charge in [0.25, 0.3) is 0 Å². The number of halogens is 6. The SMILES string of the molecule is CCC(Cl)(CC)P(Cl)(Cl)=NC(CC)(CC)[P+](Cl)(Cl)Cl. The Hall–Kier alpha value is 2.40. The maximum absolute atomic E-state index is 6.54. The van der Waals surface area contributed by atoms with Gasteiger partial charge in [-0.2, -0.15) is 0 Å². The average Bonchev–Trinajstić information content (AvgIpc) is 2.33. The van der Waals surface area contributed by atoms with E-state index < -0.39 is 21.0 Å². The fourth-order valence-electron chi connectivity index (χ4n) is 1.75. The largest absolute Gasteiger partial charge is 0.334 e. The second-order valence-corrected chi connectivity index (χ2v) is 18.7. The minimum Gasteiger partial charge on any atom is -0.223 e. The van der Waals surface area contributed by atoms with Crippen molar-refractivity contribution >= 4 is 78.9 Å². The van der Waals surface area contributed by atoms with Gasteiger partial charge in [-0.25, -0.2) is 4.74 Å². The van der Waals surface area contributed by atoms with Crippen LogP contribution in [0, 0.1) is 0 Å². The Bertz CT molecular complexity index is 340. The first-order valence-corrected chi connectivity index (χ1v) is 14.6. The van der Waals surface area contributed by atoms with Crippen molar-refractivity contribution in [2.45, 2.75) is 63.3 Å². The van der Waals surface area contributed by atoms with Gasteiger partial charge < -0.3 is 0 Å². The molecule has 19 heavy (non-hydrogen) atoms. The Morgan fingerprint density at radius 3 is 1.47 bits per heavy atom. The van der Waals surface area contributed by atoms with Crippen molar-refractivity contribution in [2.24, 2.45) is 4.74 Å². The number of hydrogen-bond donors (Lipinski definition) is 0. The molecule has 116 valence electrons. The number of hydrogen-bond acceptors (Lipinski definition) is 1. The van der Waals surface area contributed by atoms with E-state index in [1.54, 1.807) is 0 Å². The number of alkyl halides is 1. The van der Waals surface area contributed by atoms with Crippen molar-refractivity contribution in [2.75, 3.05) is 0 Å². The summed E-state index contributed by atoms with van der Waals surface area (Å²) in [5, 5.41) is -3.60. The lowest BCUT2D eigenvalue weighted by molar-refractivity contribution is 0.571. The van der Waals surface area contributed by atoms with Crippen LogP contribution in [0.1, 0.15) is 53.4 Å². The zero-order chi connectivity index (χ0) is 15.5. The van der Waals surface area contributed by atoms with Crippen molar-refractivity contribution < 1.29 is 0 Å². The van der Waals surface area contributed by atoms with Gasteiger partial charge in [0.2, 0.25) is 5.28 Å². The lowest BCUT2D eigenvalue weighted by Crippen LogP contribution is -2.24. The van der Waals surface area contributed by atoms with Crippen LogP contribution in [0.2, 0.25) is 0 Å². The van der Waals surface area contributed by atoms with E-state index in [2.05, 4.69) is 4.74 Å². The van der Waals surface area contributed by atoms with Crippen LogP contribution < -0.4 is 0 Å².